The maximum absolute atomic E-state index is 5.77. The SMILES string of the molecule is Cc1ccc2c(c1)nc(CCCCl)n2C(C)C. The Labute approximate surface area is 108 Å². The van der Waals surface area contributed by atoms with Gasteiger partial charge in [0.1, 0.15) is 5.82 Å². The molecule has 0 saturated heterocycles. The number of rotatable bonds is 4. The predicted molar refractivity (Wildman–Crippen MR) is 73.9 cm³/mol. The molecule has 0 amide bonds. The number of nitrogens with zero attached hydrogens (tertiary/aromatic N) is 2. The highest BCUT2D eigenvalue weighted by Gasteiger charge is 2.12. The summed E-state index contributed by atoms with van der Waals surface area (Å²) < 4.78 is 2.32. The van der Waals surface area contributed by atoms with Crippen LogP contribution in [0.4, 0.5) is 0 Å². The zero-order valence-corrected chi connectivity index (χ0v) is 11.5. The maximum Gasteiger partial charge on any atom is 0.110 e. The Morgan fingerprint density at radius 1 is 1.35 bits per heavy atom. The standard InChI is InChI=1S/C14H19ClN2/c1-10(2)17-13-7-6-11(3)9-12(13)16-14(17)5-4-8-15/h6-7,9-10H,4-5,8H2,1-3H3. The molecular weight excluding hydrogens is 232 g/mol. The van der Waals surface area contributed by atoms with Gasteiger partial charge in [-0.05, 0) is 44.9 Å². The summed E-state index contributed by atoms with van der Waals surface area (Å²) in [5.41, 5.74) is 3.59. The highest BCUT2D eigenvalue weighted by molar-refractivity contribution is 6.17. The Hall–Kier alpha value is -1.02. The zero-order valence-electron chi connectivity index (χ0n) is 10.7. The van der Waals surface area contributed by atoms with Crippen LogP contribution in [0.3, 0.4) is 0 Å². The van der Waals surface area contributed by atoms with Crippen molar-refractivity contribution in [1.29, 1.82) is 0 Å². The highest BCUT2D eigenvalue weighted by atomic mass is 35.5. The first-order valence-electron chi connectivity index (χ1n) is 6.17. The number of aryl methyl sites for hydroxylation is 2. The van der Waals surface area contributed by atoms with E-state index in [-0.39, 0.29) is 0 Å². The van der Waals surface area contributed by atoms with E-state index in [1.165, 1.54) is 11.1 Å². The Kier molecular flexibility index (Phi) is 3.72. The summed E-state index contributed by atoms with van der Waals surface area (Å²) in [4.78, 5) is 4.74. The lowest BCUT2D eigenvalue weighted by Gasteiger charge is -2.12. The van der Waals surface area contributed by atoms with Gasteiger partial charge in [-0.15, -0.1) is 11.6 Å². The quantitative estimate of drug-likeness (QED) is 0.747. The highest BCUT2D eigenvalue weighted by Crippen LogP contribution is 2.22. The van der Waals surface area contributed by atoms with Crippen LogP contribution in [-0.2, 0) is 6.42 Å². The van der Waals surface area contributed by atoms with Crippen LogP contribution < -0.4 is 0 Å². The van der Waals surface area contributed by atoms with Gasteiger partial charge in [-0.1, -0.05) is 6.07 Å². The third kappa shape index (κ3) is 2.47. The fourth-order valence-corrected chi connectivity index (χ4v) is 2.37. The summed E-state index contributed by atoms with van der Waals surface area (Å²) in [7, 11) is 0. The summed E-state index contributed by atoms with van der Waals surface area (Å²) in [6.45, 7) is 6.50. The molecule has 0 unspecified atom stereocenters. The lowest BCUT2D eigenvalue weighted by atomic mass is 10.2. The number of benzene rings is 1. The molecule has 1 heterocycles. The average molecular weight is 251 g/mol. The molecular formula is C14H19ClN2. The van der Waals surface area contributed by atoms with Crippen LogP contribution in [-0.4, -0.2) is 15.4 Å². The zero-order chi connectivity index (χ0) is 12.4. The Bertz CT molecular complexity index is 514. The van der Waals surface area contributed by atoms with Crippen LogP contribution in [0.1, 0.15) is 37.7 Å². The van der Waals surface area contributed by atoms with Crippen molar-refractivity contribution in [3.8, 4) is 0 Å². The summed E-state index contributed by atoms with van der Waals surface area (Å²) in [5, 5.41) is 0. The van der Waals surface area contributed by atoms with Crippen molar-refractivity contribution < 1.29 is 0 Å². The largest absolute Gasteiger partial charge is 0.325 e. The van der Waals surface area contributed by atoms with E-state index in [1.54, 1.807) is 0 Å². The van der Waals surface area contributed by atoms with Gasteiger partial charge in [0.15, 0.2) is 0 Å². The van der Waals surface area contributed by atoms with Gasteiger partial charge < -0.3 is 4.57 Å². The summed E-state index contributed by atoms with van der Waals surface area (Å²) in [5.74, 6) is 1.85. The normalized spacial score (nSPS) is 11.6. The van der Waals surface area contributed by atoms with E-state index < -0.39 is 0 Å². The van der Waals surface area contributed by atoms with Gasteiger partial charge in [-0.2, -0.15) is 0 Å². The number of halogens is 1. The van der Waals surface area contributed by atoms with Crippen molar-refractivity contribution >= 4 is 22.6 Å². The van der Waals surface area contributed by atoms with Crippen molar-refractivity contribution in [2.24, 2.45) is 0 Å². The summed E-state index contributed by atoms with van der Waals surface area (Å²) in [6, 6.07) is 6.90. The van der Waals surface area contributed by atoms with Gasteiger partial charge in [0, 0.05) is 18.3 Å². The molecule has 0 aliphatic heterocycles. The molecule has 0 saturated carbocycles. The van der Waals surface area contributed by atoms with Crippen LogP contribution in [0.5, 0.6) is 0 Å². The predicted octanol–water partition coefficient (Wildman–Crippen LogP) is 4.10. The van der Waals surface area contributed by atoms with E-state index in [0.29, 0.717) is 11.9 Å². The first-order valence-corrected chi connectivity index (χ1v) is 6.70. The first-order chi connectivity index (χ1) is 8.13. The van der Waals surface area contributed by atoms with Gasteiger partial charge in [0.05, 0.1) is 11.0 Å². The first kappa shape index (κ1) is 12.4. The molecule has 0 N–H and O–H groups in total. The van der Waals surface area contributed by atoms with Gasteiger partial charge in [0.2, 0.25) is 0 Å². The molecule has 3 heteroatoms. The molecule has 0 aliphatic carbocycles. The van der Waals surface area contributed by atoms with Crippen molar-refractivity contribution in [2.75, 3.05) is 5.88 Å². The van der Waals surface area contributed by atoms with Gasteiger partial charge in [-0.25, -0.2) is 4.98 Å². The van der Waals surface area contributed by atoms with E-state index in [0.717, 1.165) is 24.2 Å². The average Bonchev–Trinajstić information content (AvgIpc) is 2.63. The van der Waals surface area contributed by atoms with Crippen LogP contribution in [0.25, 0.3) is 11.0 Å². The number of imidazole rings is 1. The van der Waals surface area contributed by atoms with Gasteiger partial charge in [0.25, 0.3) is 0 Å². The molecule has 0 fully saturated rings. The molecule has 1 aromatic heterocycles. The molecule has 2 rings (SSSR count). The Morgan fingerprint density at radius 3 is 2.76 bits per heavy atom. The molecule has 0 spiro atoms. The van der Waals surface area contributed by atoms with Crippen LogP contribution >= 0.6 is 11.6 Å². The van der Waals surface area contributed by atoms with E-state index in [1.807, 2.05) is 0 Å². The molecule has 0 atom stereocenters. The molecule has 92 valence electrons. The minimum Gasteiger partial charge on any atom is -0.325 e. The second-order valence-corrected chi connectivity index (χ2v) is 5.15. The lowest BCUT2D eigenvalue weighted by Crippen LogP contribution is -2.06. The maximum atomic E-state index is 5.77. The van der Waals surface area contributed by atoms with Crippen molar-refractivity contribution in [2.45, 2.75) is 39.7 Å². The third-order valence-corrected chi connectivity index (χ3v) is 3.24. The van der Waals surface area contributed by atoms with Crippen LogP contribution in [0, 0.1) is 6.92 Å². The van der Waals surface area contributed by atoms with Crippen molar-refractivity contribution in [3.05, 3.63) is 29.6 Å². The number of hydrogen-bond acceptors (Lipinski definition) is 1. The fraction of sp³-hybridized carbons (Fsp3) is 0.500. The molecule has 17 heavy (non-hydrogen) atoms. The number of aromatic nitrogens is 2. The van der Waals surface area contributed by atoms with Crippen LogP contribution in [0.2, 0.25) is 0 Å². The number of hydrogen-bond donors (Lipinski definition) is 0. The Balaban J connectivity index is 2.53. The third-order valence-electron chi connectivity index (χ3n) is 2.97. The number of fused-ring (bicyclic) bond motifs is 1. The van der Waals surface area contributed by atoms with Crippen molar-refractivity contribution in [3.63, 3.8) is 0 Å². The molecule has 2 aromatic rings. The monoisotopic (exact) mass is 250 g/mol. The summed E-state index contributed by atoms with van der Waals surface area (Å²) in [6.07, 6.45) is 1.94. The minimum atomic E-state index is 0.438. The number of alkyl halides is 1. The molecule has 1 aromatic carbocycles. The smallest absolute Gasteiger partial charge is 0.110 e. The lowest BCUT2D eigenvalue weighted by molar-refractivity contribution is 0.580. The van der Waals surface area contributed by atoms with Crippen LogP contribution in [0.15, 0.2) is 18.2 Å². The fourth-order valence-electron chi connectivity index (χ4n) is 2.24. The van der Waals surface area contributed by atoms with Crippen molar-refractivity contribution in [1.82, 2.24) is 9.55 Å². The van der Waals surface area contributed by atoms with E-state index in [9.17, 15) is 0 Å². The van der Waals surface area contributed by atoms with E-state index >= 15 is 0 Å². The molecule has 0 aliphatic rings. The molecule has 0 radical (unpaired) electrons. The second kappa shape index (κ2) is 5.09. The Morgan fingerprint density at radius 2 is 2.12 bits per heavy atom. The topological polar surface area (TPSA) is 17.8 Å². The van der Waals surface area contributed by atoms with Gasteiger partial charge in [-0.3, -0.25) is 0 Å². The van der Waals surface area contributed by atoms with E-state index in [4.69, 9.17) is 16.6 Å². The summed E-state index contributed by atoms with van der Waals surface area (Å²) >= 11 is 5.77. The minimum absolute atomic E-state index is 0.438. The van der Waals surface area contributed by atoms with Gasteiger partial charge >= 0.3 is 0 Å². The second-order valence-electron chi connectivity index (χ2n) is 4.78. The molecule has 0 bridgehead atoms. The van der Waals surface area contributed by atoms with E-state index in [2.05, 4.69) is 43.5 Å². The molecule has 2 nitrogen and oxygen atoms in total.